The van der Waals surface area contributed by atoms with E-state index >= 15 is 0 Å². The van der Waals surface area contributed by atoms with Crippen LogP contribution in [0.3, 0.4) is 0 Å². The lowest BCUT2D eigenvalue weighted by molar-refractivity contribution is -0.147. The van der Waals surface area contributed by atoms with E-state index in [0.717, 1.165) is 12.5 Å². The van der Waals surface area contributed by atoms with Gasteiger partial charge in [-0.3, -0.25) is 9.69 Å². The van der Waals surface area contributed by atoms with E-state index < -0.39 is 5.54 Å². The van der Waals surface area contributed by atoms with Gasteiger partial charge >= 0.3 is 5.97 Å². The van der Waals surface area contributed by atoms with Crippen LogP contribution in [0.25, 0.3) is 0 Å². The van der Waals surface area contributed by atoms with Crippen molar-refractivity contribution in [1.82, 2.24) is 4.90 Å². The summed E-state index contributed by atoms with van der Waals surface area (Å²) >= 11 is 0. The molecule has 0 aliphatic heterocycles. The second kappa shape index (κ2) is 7.38. The highest BCUT2D eigenvalue weighted by molar-refractivity contribution is 5.79. The molecule has 1 rings (SSSR count). The zero-order valence-corrected chi connectivity index (χ0v) is 13.5. The molecular weight excluding hydrogens is 256 g/mol. The maximum Gasteiger partial charge on any atom is 0.325 e. The minimum Gasteiger partial charge on any atom is -0.468 e. The van der Waals surface area contributed by atoms with Crippen molar-refractivity contribution in [2.45, 2.75) is 57.7 Å². The highest BCUT2D eigenvalue weighted by Gasteiger charge is 2.37. The Hall–Kier alpha value is -0.650. The molecule has 0 aromatic carbocycles. The van der Waals surface area contributed by atoms with E-state index in [0.29, 0.717) is 19.1 Å². The molecule has 0 amide bonds. The molecule has 0 aromatic rings. The summed E-state index contributed by atoms with van der Waals surface area (Å²) < 4.78 is 10.00. The maximum atomic E-state index is 11.7. The highest BCUT2D eigenvalue weighted by Crippen LogP contribution is 2.36. The molecule has 118 valence electrons. The number of carbonyl (C=O) groups is 1. The number of ether oxygens (including phenoxy) is 2. The summed E-state index contributed by atoms with van der Waals surface area (Å²) in [5, 5.41) is 0. The topological polar surface area (TPSA) is 64.8 Å². The molecule has 5 nitrogen and oxygen atoms in total. The quantitative estimate of drug-likeness (QED) is 0.649. The number of hydrogen-bond acceptors (Lipinski definition) is 5. The predicted octanol–water partition coefficient (Wildman–Crippen LogP) is 1.40. The third kappa shape index (κ3) is 4.72. The molecule has 1 aliphatic carbocycles. The first-order valence-electron chi connectivity index (χ1n) is 7.45. The molecule has 5 heteroatoms. The molecule has 0 radical (unpaired) electrons. The van der Waals surface area contributed by atoms with Gasteiger partial charge in [0.1, 0.15) is 5.54 Å². The average Bonchev–Trinajstić information content (AvgIpc) is 3.21. The van der Waals surface area contributed by atoms with Crippen molar-refractivity contribution in [1.29, 1.82) is 0 Å². The minimum atomic E-state index is -0.942. The van der Waals surface area contributed by atoms with Crippen LogP contribution in [0.15, 0.2) is 0 Å². The van der Waals surface area contributed by atoms with E-state index in [4.69, 9.17) is 15.2 Å². The Balaban J connectivity index is 2.66. The van der Waals surface area contributed by atoms with Gasteiger partial charge in [-0.1, -0.05) is 0 Å². The summed E-state index contributed by atoms with van der Waals surface area (Å²) in [4.78, 5) is 14.1. The Bertz CT molecular complexity index is 316. The number of nitrogens with zero attached hydrogens (tertiary/aromatic N) is 1. The predicted molar refractivity (Wildman–Crippen MR) is 79.5 cm³/mol. The van der Waals surface area contributed by atoms with E-state index in [1.165, 1.54) is 20.0 Å². The van der Waals surface area contributed by atoms with Crippen molar-refractivity contribution in [2.75, 3.05) is 27.4 Å². The first kappa shape index (κ1) is 17.4. The first-order valence-corrected chi connectivity index (χ1v) is 7.45. The van der Waals surface area contributed by atoms with Gasteiger partial charge in [-0.05, 0) is 46.0 Å². The molecule has 1 saturated carbocycles. The second-order valence-electron chi connectivity index (χ2n) is 6.27. The van der Waals surface area contributed by atoms with Gasteiger partial charge in [0, 0.05) is 25.7 Å². The Morgan fingerprint density at radius 3 is 2.45 bits per heavy atom. The van der Waals surface area contributed by atoms with Gasteiger partial charge in [0.2, 0.25) is 0 Å². The fourth-order valence-corrected chi connectivity index (χ4v) is 2.92. The van der Waals surface area contributed by atoms with Gasteiger partial charge in [-0.2, -0.15) is 0 Å². The molecule has 0 spiro atoms. The number of carbonyl (C=O) groups excluding carboxylic acids is 1. The van der Waals surface area contributed by atoms with Gasteiger partial charge in [0.25, 0.3) is 0 Å². The van der Waals surface area contributed by atoms with E-state index in [1.54, 1.807) is 14.0 Å². The SMILES string of the molecule is COCCN(C(C)CC(C)(N)C(=O)OC)C(C)C1CC1. The Morgan fingerprint density at radius 1 is 1.40 bits per heavy atom. The summed E-state index contributed by atoms with van der Waals surface area (Å²) in [6.45, 7) is 7.69. The molecule has 0 aromatic heterocycles. The lowest BCUT2D eigenvalue weighted by Gasteiger charge is -2.37. The van der Waals surface area contributed by atoms with Crippen LogP contribution in [0.4, 0.5) is 0 Å². The van der Waals surface area contributed by atoms with Crippen molar-refractivity contribution < 1.29 is 14.3 Å². The first-order chi connectivity index (χ1) is 9.33. The molecule has 0 bridgehead atoms. The Labute approximate surface area is 122 Å². The highest BCUT2D eigenvalue weighted by atomic mass is 16.5. The summed E-state index contributed by atoms with van der Waals surface area (Å²) in [5.41, 5.74) is 5.16. The average molecular weight is 286 g/mol. The van der Waals surface area contributed by atoms with E-state index in [2.05, 4.69) is 18.7 Å². The second-order valence-corrected chi connectivity index (χ2v) is 6.27. The summed E-state index contributed by atoms with van der Waals surface area (Å²) in [7, 11) is 3.10. The third-order valence-electron chi connectivity index (χ3n) is 4.32. The molecule has 1 aliphatic rings. The number of hydrogen-bond donors (Lipinski definition) is 1. The van der Waals surface area contributed by atoms with Crippen LogP contribution in [0.2, 0.25) is 0 Å². The number of methoxy groups -OCH3 is 2. The van der Waals surface area contributed by atoms with Crippen LogP contribution >= 0.6 is 0 Å². The molecular formula is C15H30N2O3. The third-order valence-corrected chi connectivity index (χ3v) is 4.32. The van der Waals surface area contributed by atoms with Crippen LogP contribution in [-0.2, 0) is 14.3 Å². The Kier molecular flexibility index (Phi) is 6.43. The summed E-state index contributed by atoms with van der Waals surface area (Å²) in [6, 6.07) is 0.725. The van der Waals surface area contributed by atoms with Crippen LogP contribution in [-0.4, -0.2) is 55.9 Å². The molecule has 2 N–H and O–H groups in total. The van der Waals surface area contributed by atoms with Crippen LogP contribution in [0.1, 0.15) is 40.0 Å². The number of esters is 1. The van der Waals surface area contributed by atoms with E-state index in [9.17, 15) is 4.79 Å². The van der Waals surface area contributed by atoms with Gasteiger partial charge in [-0.15, -0.1) is 0 Å². The van der Waals surface area contributed by atoms with Gasteiger partial charge in [-0.25, -0.2) is 0 Å². The maximum absolute atomic E-state index is 11.7. The van der Waals surface area contributed by atoms with Crippen molar-refractivity contribution in [3.8, 4) is 0 Å². The number of rotatable bonds is 9. The van der Waals surface area contributed by atoms with Gasteiger partial charge < -0.3 is 15.2 Å². The van der Waals surface area contributed by atoms with Crippen LogP contribution in [0, 0.1) is 5.92 Å². The lowest BCUT2D eigenvalue weighted by atomic mass is 9.93. The van der Waals surface area contributed by atoms with Gasteiger partial charge in [0.05, 0.1) is 13.7 Å². The molecule has 20 heavy (non-hydrogen) atoms. The van der Waals surface area contributed by atoms with Crippen molar-refractivity contribution in [2.24, 2.45) is 11.7 Å². The van der Waals surface area contributed by atoms with Crippen molar-refractivity contribution in [3.63, 3.8) is 0 Å². The van der Waals surface area contributed by atoms with Crippen molar-refractivity contribution >= 4 is 5.97 Å². The fraction of sp³-hybridized carbons (Fsp3) is 0.933. The fourth-order valence-electron chi connectivity index (χ4n) is 2.92. The molecule has 3 atom stereocenters. The normalized spacial score (nSPS) is 21.4. The lowest BCUT2D eigenvalue weighted by Crippen LogP contribution is -2.53. The summed E-state index contributed by atoms with van der Waals surface area (Å²) in [6.07, 6.45) is 3.18. The van der Waals surface area contributed by atoms with E-state index in [1.807, 2.05) is 0 Å². The molecule has 3 unspecified atom stereocenters. The molecule has 0 saturated heterocycles. The van der Waals surface area contributed by atoms with Crippen LogP contribution in [0.5, 0.6) is 0 Å². The van der Waals surface area contributed by atoms with Crippen LogP contribution < -0.4 is 5.73 Å². The largest absolute Gasteiger partial charge is 0.468 e. The van der Waals surface area contributed by atoms with Gasteiger partial charge in [0.15, 0.2) is 0 Å². The summed E-state index contributed by atoms with van der Waals surface area (Å²) in [5.74, 6) is 0.423. The molecule has 0 heterocycles. The smallest absolute Gasteiger partial charge is 0.325 e. The monoisotopic (exact) mass is 286 g/mol. The molecule has 1 fully saturated rings. The van der Waals surface area contributed by atoms with Crippen molar-refractivity contribution in [3.05, 3.63) is 0 Å². The standard InChI is InChI=1S/C15H30N2O3/c1-11(10-15(3,16)14(18)20-5)17(8-9-19-4)12(2)13-6-7-13/h11-13H,6-10,16H2,1-5H3. The zero-order chi connectivity index (χ0) is 15.3. The van der Waals surface area contributed by atoms with E-state index in [-0.39, 0.29) is 12.0 Å². The zero-order valence-electron chi connectivity index (χ0n) is 13.5. The Morgan fingerprint density at radius 2 is 2.00 bits per heavy atom. The minimum absolute atomic E-state index is 0.217. The number of nitrogens with two attached hydrogens (primary N) is 1.